The number of thiazole rings is 1. The van der Waals surface area contributed by atoms with Crippen LogP contribution in [0.15, 0.2) is 71.1 Å². The number of hydrogen-bond acceptors (Lipinski definition) is 10. The smallest absolute Gasteiger partial charge is 0.249 e. The minimum Gasteiger partial charge on any atom is -0.421 e. The molecule has 0 aliphatic rings. The molecule has 0 aliphatic heterocycles. The van der Waals surface area contributed by atoms with Crippen molar-refractivity contribution in [2.75, 3.05) is 13.4 Å². The first-order chi connectivity index (χ1) is 19.6. The standard InChI is InChI=1S/C26H24FN5O6S3/c1-37-15-16-6-8-17(9-7-16)18-10-11-21-22(12-18)39-25(29-21)26(41(2,35)36,19-4-3-5-20(27)13-19)24-31-30-23(38-24)14-28-32-40(33)34/h3-13,28,32H,14-15H2,1-2H3,(H,33,34). The molecule has 3 aromatic carbocycles. The number of halogens is 1. The molecule has 15 heteroatoms. The SMILES string of the molecule is COCc1ccc(-c2ccc3nc(C(c4cccc(F)c4)(c4nnc(CNNS(=O)O)o4)S(C)(=O)=O)sc3c2)cc1. The second kappa shape index (κ2) is 11.8. The van der Waals surface area contributed by atoms with Crippen LogP contribution in [-0.4, -0.2) is 45.7 Å². The van der Waals surface area contributed by atoms with E-state index in [2.05, 4.69) is 25.4 Å². The normalized spacial score (nSPS) is 14.2. The Morgan fingerprint density at radius 1 is 1.10 bits per heavy atom. The Morgan fingerprint density at radius 2 is 1.85 bits per heavy atom. The molecule has 0 saturated carbocycles. The van der Waals surface area contributed by atoms with E-state index in [9.17, 15) is 17.0 Å². The molecule has 2 heterocycles. The van der Waals surface area contributed by atoms with Crippen LogP contribution in [0.5, 0.6) is 0 Å². The predicted octanol–water partition coefficient (Wildman–Crippen LogP) is 3.70. The Bertz CT molecular complexity index is 1830. The topological polar surface area (TPSA) is 157 Å². The highest BCUT2D eigenvalue weighted by Crippen LogP contribution is 2.46. The van der Waals surface area contributed by atoms with Crippen molar-refractivity contribution in [3.05, 3.63) is 100 Å². The minimum atomic E-state index is -4.19. The van der Waals surface area contributed by atoms with Crippen LogP contribution in [0.4, 0.5) is 4.39 Å². The van der Waals surface area contributed by atoms with Crippen LogP contribution in [0, 0.1) is 5.82 Å². The van der Waals surface area contributed by atoms with Gasteiger partial charge in [-0.05, 0) is 46.5 Å². The van der Waals surface area contributed by atoms with E-state index < -0.39 is 31.7 Å². The molecule has 3 N–H and O–H groups in total. The second-order valence-corrected chi connectivity index (χ2v) is 12.9. The maximum absolute atomic E-state index is 14.5. The molecule has 0 aliphatic carbocycles. The van der Waals surface area contributed by atoms with Gasteiger partial charge in [-0.3, -0.25) is 4.55 Å². The van der Waals surface area contributed by atoms with Crippen molar-refractivity contribution in [2.45, 2.75) is 17.9 Å². The highest BCUT2D eigenvalue weighted by molar-refractivity contribution is 7.92. The summed E-state index contributed by atoms with van der Waals surface area (Å²) < 4.78 is 71.3. The van der Waals surface area contributed by atoms with Crippen LogP contribution in [0.1, 0.15) is 27.9 Å². The van der Waals surface area contributed by atoms with Crippen LogP contribution < -0.4 is 10.3 Å². The lowest BCUT2D eigenvalue weighted by molar-refractivity contribution is 0.185. The van der Waals surface area contributed by atoms with Crippen LogP contribution in [-0.2, 0) is 43.7 Å². The summed E-state index contributed by atoms with van der Waals surface area (Å²) in [4.78, 5) is 6.73. The van der Waals surface area contributed by atoms with Gasteiger partial charge in [0.05, 0.1) is 23.4 Å². The number of ether oxygens (including phenoxy) is 1. The summed E-state index contributed by atoms with van der Waals surface area (Å²) in [5.41, 5.74) is 5.86. The van der Waals surface area contributed by atoms with E-state index in [1.807, 2.05) is 36.4 Å². The highest BCUT2D eigenvalue weighted by Gasteiger charge is 2.54. The third kappa shape index (κ3) is 5.83. The van der Waals surface area contributed by atoms with Crippen molar-refractivity contribution in [1.82, 2.24) is 25.4 Å². The Labute approximate surface area is 241 Å². The van der Waals surface area contributed by atoms with Crippen molar-refractivity contribution in [3.8, 4) is 11.1 Å². The number of fused-ring (bicyclic) bond motifs is 1. The molecular formula is C26H24FN5O6S3. The lowest BCUT2D eigenvalue weighted by Crippen LogP contribution is -2.38. The quantitative estimate of drug-likeness (QED) is 0.148. The molecule has 0 fully saturated rings. The highest BCUT2D eigenvalue weighted by atomic mass is 32.2. The van der Waals surface area contributed by atoms with Crippen LogP contribution in [0.2, 0.25) is 0 Å². The number of hydrazine groups is 1. The summed E-state index contributed by atoms with van der Waals surface area (Å²) in [7, 11) is -2.56. The molecule has 5 aromatic rings. The zero-order valence-electron chi connectivity index (χ0n) is 21.7. The third-order valence-electron chi connectivity index (χ3n) is 6.24. The van der Waals surface area contributed by atoms with Crippen LogP contribution in [0.25, 0.3) is 21.3 Å². The zero-order chi connectivity index (χ0) is 29.2. The second-order valence-electron chi connectivity index (χ2n) is 9.00. The number of methoxy groups -OCH3 is 1. The van der Waals surface area contributed by atoms with Crippen molar-refractivity contribution in [1.29, 1.82) is 0 Å². The third-order valence-corrected chi connectivity index (χ3v) is 9.54. The average molecular weight is 618 g/mol. The molecule has 0 amide bonds. The van der Waals surface area contributed by atoms with Crippen molar-refractivity contribution < 1.29 is 30.7 Å². The molecule has 0 radical (unpaired) electrons. The van der Waals surface area contributed by atoms with E-state index in [-0.39, 0.29) is 28.9 Å². The number of aromatic nitrogens is 3. The first-order valence-electron chi connectivity index (χ1n) is 12.0. The minimum absolute atomic E-state index is 0.0331. The first kappa shape index (κ1) is 29.1. The van der Waals surface area contributed by atoms with Crippen molar-refractivity contribution in [3.63, 3.8) is 0 Å². The zero-order valence-corrected chi connectivity index (χ0v) is 24.1. The molecule has 214 valence electrons. The molecule has 11 nitrogen and oxygen atoms in total. The van der Waals surface area contributed by atoms with Gasteiger partial charge in [-0.1, -0.05) is 42.5 Å². The van der Waals surface area contributed by atoms with Gasteiger partial charge in [-0.2, -0.15) is 4.83 Å². The molecule has 2 atom stereocenters. The van der Waals surface area contributed by atoms with Gasteiger partial charge >= 0.3 is 0 Å². The monoisotopic (exact) mass is 617 g/mol. The lowest BCUT2D eigenvalue weighted by atomic mass is 9.98. The summed E-state index contributed by atoms with van der Waals surface area (Å²) in [6.45, 7) is 0.296. The number of nitrogens with one attached hydrogen (secondary N) is 2. The van der Waals surface area contributed by atoms with Gasteiger partial charge in [-0.15, -0.1) is 21.5 Å². The van der Waals surface area contributed by atoms with E-state index in [0.29, 0.717) is 16.8 Å². The average Bonchev–Trinajstić information content (AvgIpc) is 3.56. The first-order valence-corrected chi connectivity index (χ1v) is 15.8. The number of rotatable bonds is 11. The Balaban J connectivity index is 1.66. The Morgan fingerprint density at radius 3 is 2.54 bits per heavy atom. The van der Waals surface area contributed by atoms with E-state index in [1.165, 1.54) is 18.2 Å². The molecule has 5 rings (SSSR count). The molecule has 2 unspecified atom stereocenters. The Hall–Kier alpha value is -3.44. The lowest BCUT2D eigenvalue weighted by Gasteiger charge is -2.27. The van der Waals surface area contributed by atoms with Crippen LogP contribution in [0.3, 0.4) is 0 Å². The summed E-state index contributed by atoms with van der Waals surface area (Å²) in [5, 5.41) is 8.02. The predicted molar refractivity (Wildman–Crippen MR) is 152 cm³/mol. The number of nitrogens with zero attached hydrogens (tertiary/aromatic N) is 3. The maximum atomic E-state index is 14.5. The largest absolute Gasteiger partial charge is 0.421 e. The molecular weight excluding hydrogens is 594 g/mol. The summed E-state index contributed by atoms with van der Waals surface area (Å²) >= 11 is -1.24. The molecule has 2 aromatic heterocycles. The number of benzene rings is 3. The Kier molecular flexibility index (Phi) is 8.37. The maximum Gasteiger partial charge on any atom is 0.249 e. The molecule has 0 bridgehead atoms. The van der Waals surface area contributed by atoms with Gasteiger partial charge in [0, 0.05) is 13.4 Å². The molecule has 41 heavy (non-hydrogen) atoms. The molecule has 0 spiro atoms. The van der Waals surface area contributed by atoms with Gasteiger partial charge in [-0.25, -0.2) is 27.4 Å². The van der Waals surface area contributed by atoms with Crippen LogP contribution >= 0.6 is 11.3 Å². The van der Waals surface area contributed by atoms with Crippen molar-refractivity contribution >= 4 is 42.7 Å². The summed E-state index contributed by atoms with van der Waals surface area (Å²) in [6, 6.07) is 18.6. The van der Waals surface area contributed by atoms with Gasteiger partial charge in [0.2, 0.25) is 27.8 Å². The number of hydrogen-bond donors (Lipinski definition) is 3. The van der Waals surface area contributed by atoms with Gasteiger partial charge in [0.1, 0.15) is 10.8 Å². The van der Waals surface area contributed by atoms with Crippen molar-refractivity contribution in [2.24, 2.45) is 0 Å². The fraction of sp³-hybridized carbons (Fsp3) is 0.192. The van der Waals surface area contributed by atoms with E-state index in [0.717, 1.165) is 40.3 Å². The fourth-order valence-corrected chi connectivity index (χ4v) is 7.63. The van der Waals surface area contributed by atoms with Gasteiger partial charge in [0.25, 0.3) is 0 Å². The molecule has 0 saturated heterocycles. The number of sulfone groups is 1. The van der Waals surface area contributed by atoms with E-state index in [1.54, 1.807) is 13.2 Å². The summed E-state index contributed by atoms with van der Waals surface area (Å²) in [6.07, 6.45) is 0.996. The van der Waals surface area contributed by atoms with E-state index in [4.69, 9.17) is 13.7 Å². The van der Waals surface area contributed by atoms with E-state index >= 15 is 0 Å². The fourth-order valence-electron chi connectivity index (χ4n) is 4.43. The summed E-state index contributed by atoms with van der Waals surface area (Å²) in [5.74, 6) is -1.09. The van der Waals surface area contributed by atoms with Gasteiger partial charge < -0.3 is 9.15 Å². The van der Waals surface area contributed by atoms with Gasteiger partial charge in [0.15, 0.2) is 9.84 Å².